The Balaban J connectivity index is 2.56. The number of esters is 1. The van der Waals surface area contributed by atoms with E-state index < -0.39 is 6.29 Å². The van der Waals surface area contributed by atoms with Gasteiger partial charge in [0.15, 0.2) is 6.29 Å². The molecule has 0 aliphatic carbocycles. The van der Waals surface area contributed by atoms with E-state index in [-0.39, 0.29) is 42.5 Å². The van der Waals surface area contributed by atoms with Gasteiger partial charge in [0.1, 0.15) is 6.61 Å². The van der Waals surface area contributed by atoms with Crippen LogP contribution in [0.25, 0.3) is 0 Å². The van der Waals surface area contributed by atoms with Crippen LogP contribution < -0.4 is 5.32 Å². The third-order valence-corrected chi connectivity index (χ3v) is 4.49. The van der Waals surface area contributed by atoms with Crippen molar-refractivity contribution in [3.8, 4) is 0 Å². The third-order valence-electron chi connectivity index (χ3n) is 4.49. The maximum atomic E-state index is 11.6. The molecule has 152 valence electrons. The number of amides is 1. The average Bonchev–Trinajstić information content (AvgIpc) is 2.58. The van der Waals surface area contributed by atoms with E-state index in [4.69, 9.17) is 23.7 Å². The number of ether oxygens (including phenoxy) is 5. The molecule has 0 aromatic carbocycles. The highest BCUT2D eigenvalue weighted by molar-refractivity contribution is 5.73. The summed E-state index contributed by atoms with van der Waals surface area (Å²) in [5.41, 5.74) is 0. The van der Waals surface area contributed by atoms with Crippen molar-refractivity contribution in [2.75, 3.05) is 39.6 Å². The van der Waals surface area contributed by atoms with Crippen LogP contribution in [0.15, 0.2) is 0 Å². The fourth-order valence-electron chi connectivity index (χ4n) is 2.85. The van der Waals surface area contributed by atoms with Crippen molar-refractivity contribution in [2.45, 2.75) is 53.1 Å². The number of rotatable bonds is 11. The molecule has 2 unspecified atom stereocenters. The largest absolute Gasteiger partial charge is 0.463 e. The van der Waals surface area contributed by atoms with Crippen LogP contribution in [0.1, 0.15) is 34.6 Å². The topological polar surface area (TPSA) is 92.3 Å². The van der Waals surface area contributed by atoms with E-state index in [1.54, 1.807) is 0 Å². The van der Waals surface area contributed by atoms with Gasteiger partial charge in [0.2, 0.25) is 5.91 Å². The molecule has 0 aromatic rings. The molecule has 8 nitrogen and oxygen atoms in total. The summed E-state index contributed by atoms with van der Waals surface area (Å²) in [4.78, 5) is 22.6. The van der Waals surface area contributed by atoms with Crippen molar-refractivity contribution in [1.29, 1.82) is 0 Å². The van der Waals surface area contributed by atoms with Gasteiger partial charge in [-0.05, 0) is 18.8 Å². The van der Waals surface area contributed by atoms with Gasteiger partial charge >= 0.3 is 5.97 Å². The zero-order valence-corrected chi connectivity index (χ0v) is 16.5. The summed E-state index contributed by atoms with van der Waals surface area (Å²) in [6.07, 6.45) is -0.913. The lowest BCUT2D eigenvalue weighted by Crippen LogP contribution is -2.58. The third kappa shape index (κ3) is 7.99. The summed E-state index contributed by atoms with van der Waals surface area (Å²) in [6, 6.07) is -0.278. The van der Waals surface area contributed by atoms with Crippen molar-refractivity contribution in [3.63, 3.8) is 0 Å². The quantitative estimate of drug-likeness (QED) is 0.427. The highest BCUT2D eigenvalue weighted by Crippen LogP contribution is 2.31. The zero-order chi connectivity index (χ0) is 19.5. The summed E-state index contributed by atoms with van der Waals surface area (Å²) in [7, 11) is 0. The number of hydrogen-bond acceptors (Lipinski definition) is 7. The van der Waals surface area contributed by atoms with E-state index >= 15 is 0 Å². The predicted molar refractivity (Wildman–Crippen MR) is 94.5 cm³/mol. The van der Waals surface area contributed by atoms with Crippen LogP contribution in [-0.4, -0.2) is 70.0 Å². The van der Waals surface area contributed by atoms with Gasteiger partial charge in [0.25, 0.3) is 0 Å². The van der Waals surface area contributed by atoms with Crippen LogP contribution in [0.3, 0.4) is 0 Å². The SMILES string of the molecule is CCOCCOCCO[C@@H]1OC(COC(C)=O)[C@H](C)[C@H](C)C1NC(C)=O. The van der Waals surface area contributed by atoms with E-state index in [9.17, 15) is 9.59 Å². The molecule has 8 heteroatoms. The number of carbonyl (C=O) groups is 2. The molecule has 0 bridgehead atoms. The second-order valence-corrected chi connectivity index (χ2v) is 6.47. The summed E-state index contributed by atoms with van der Waals surface area (Å²) < 4.78 is 27.5. The molecule has 1 aliphatic rings. The van der Waals surface area contributed by atoms with Gasteiger partial charge in [-0.1, -0.05) is 13.8 Å². The first kappa shape index (κ1) is 22.8. The molecular formula is C18H33NO7. The Labute approximate surface area is 155 Å². The van der Waals surface area contributed by atoms with Gasteiger partial charge in [0, 0.05) is 20.5 Å². The molecule has 1 amide bonds. The number of hydrogen-bond donors (Lipinski definition) is 1. The lowest BCUT2D eigenvalue weighted by atomic mass is 9.82. The van der Waals surface area contributed by atoms with E-state index in [1.807, 2.05) is 20.8 Å². The predicted octanol–water partition coefficient (Wildman–Crippen LogP) is 1.12. The Morgan fingerprint density at radius 2 is 1.65 bits per heavy atom. The zero-order valence-electron chi connectivity index (χ0n) is 16.5. The van der Waals surface area contributed by atoms with Crippen LogP contribution in [-0.2, 0) is 33.3 Å². The molecular weight excluding hydrogens is 342 g/mol. The van der Waals surface area contributed by atoms with Crippen molar-refractivity contribution < 1.29 is 33.3 Å². The van der Waals surface area contributed by atoms with Gasteiger partial charge in [-0.25, -0.2) is 0 Å². The van der Waals surface area contributed by atoms with Crippen LogP contribution >= 0.6 is 0 Å². The van der Waals surface area contributed by atoms with Crippen LogP contribution in [0.4, 0.5) is 0 Å². The van der Waals surface area contributed by atoms with E-state index in [1.165, 1.54) is 13.8 Å². The highest BCUT2D eigenvalue weighted by Gasteiger charge is 2.42. The molecule has 0 aromatic heterocycles. The van der Waals surface area contributed by atoms with Gasteiger partial charge in [0.05, 0.1) is 38.6 Å². The molecule has 1 heterocycles. The molecule has 5 atom stereocenters. The Bertz CT molecular complexity index is 430. The number of carbonyl (C=O) groups excluding carboxylic acids is 2. The maximum absolute atomic E-state index is 11.6. The van der Waals surface area contributed by atoms with Gasteiger partial charge in [-0.2, -0.15) is 0 Å². The maximum Gasteiger partial charge on any atom is 0.302 e. The summed E-state index contributed by atoms with van der Waals surface area (Å²) >= 11 is 0. The Morgan fingerprint density at radius 1 is 1.00 bits per heavy atom. The summed E-state index contributed by atoms with van der Waals surface area (Å²) in [5.74, 6) is -0.305. The van der Waals surface area contributed by atoms with Gasteiger partial charge in [-0.15, -0.1) is 0 Å². The van der Waals surface area contributed by atoms with Gasteiger partial charge < -0.3 is 29.0 Å². The van der Waals surface area contributed by atoms with Gasteiger partial charge in [-0.3, -0.25) is 9.59 Å². The molecule has 0 spiro atoms. The highest BCUT2D eigenvalue weighted by atomic mass is 16.7. The second-order valence-electron chi connectivity index (χ2n) is 6.47. The molecule has 1 N–H and O–H groups in total. The Kier molecular flexibility index (Phi) is 10.7. The minimum absolute atomic E-state index is 0.0912. The average molecular weight is 375 g/mol. The van der Waals surface area contributed by atoms with E-state index in [0.717, 1.165) is 0 Å². The minimum atomic E-state index is -0.624. The van der Waals surface area contributed by atoms with Crippen LogP contribution in [0.5, 0.6) is 0 Å². The van der Waals surface area contributed by atoms with Crippen molar-refractivity contribution in [3.05, 3.63) is 0 Å². The van der Waals surface area contributed by atoms with Crippen LogP contribution in [0.2, 0.25) is 0 Å². The van der Waals surface area contributed by atoms with Crippen LogP contribution in [0, 0.1) is 11.8 Å². The normalized spacial score (nSPS) is 28.6. The summed E-state index contributed by atoms with van der Waals surface area (Å²) in [5, 5.41) is 2.91. The van der Waals surface area contributed by atoms with Crippen molar-refractivity contribution in [2.24, 2.45) is 11.8 Å². The lowest BCUT2D eigenvalue weighted by molar-refractivity contribution is -0.247. The fraction of sp³-hybridized carbons (Fsp3) is 0.889. The fourth-order valence-corrected chi connectivity index (χ4v) is 2.85. The standard InChI is InChI=1S/C18H33NO7/c1-6-22-7-8-23-9-10-24-18-17(19-14(4)20)13(3)12(2)16(26-18)11-25-15(5)21/h12-13,16-18H,6-11H2,1-5H3,(H,19,20)/t12-,13+,16?,17?,18-/m1/s1. The first-order valence-corrected chi connectivity index (χ1v) is 9.19. The van der Waals surface area contributed by atoms with Crippen molar-refractivity contribution >= 4 is 11.9 Å². The van der Waals surface area contributed by atoms with E-state index in [2.05, 4.69) is 5.32 Å². The van der Waals surface area contributed by atoms with E-state index in [0.29, 0.717) is 33.0 Å². The molecule has 26 heavy (non-hydrogen) atoms. The Hall–Kier alpha value is -1.22. The molecule has 1 aliphatic heterocycles. The number of nitrogens with one attached hydrogen (secondary N) is 1. The second kappa shape index (κ2) is 12.2. The molecule has 0 radical (unpaired) electrons. The van der Waals surface area contributed by atoms with Crippen molar-refractivity contribution in [1.82, 2.24) is 5.32 Å². The molecule has 1 fully saturated rings. The smallest absolute Gasteiger partial charge is 0.302 e. The summed E-state index contributed by atoms with van der Waals surface area (Å²) in [6.45, 7) is 11.4. The monoisotopic (exact) mass is 375 g/mol. The molecule has 1 rings (SSSR count). The Morgan fingerprint density at radius 3 is 2.27 bits per heavy atom. The first-order chi connectivity index (χ1) is 12.4. The lowest BCUT2D eigenvalue weighted by Gasteiger charge is -2.44. The minimum Gasteiger partial charge on any atom is -0.463 e. The molecule has 0 saturated carbocycles. The molecule has 1 saturated heterocycles. The first-order valence-electron chi connectivity index (χ1n) is 9.19.